The van der Waals surface area contributed by atoms with Crippen LogP contribution in [0.1, 0.15) is 5.56 Å². The Balaban J connectivity index is 1.86. The quantitative estimate of drug-likeness (QED) is 0.739. The largest absolute Gasteiger partial charge is 0.399 e. The molecule has 0 amide bonds. The Bertz CT molecular complexity index is 739. The number of rotatable bonds is 4. The van der Waals surface area contributed by atoms with Gasteiger partial charge in [-0.2, -0.15) is 0 Å². The van der Waals surface area contributed by atoms with Crippen molar-refractivity contribution < 1.29 is 0 Å². The zero-order chi connectivity index (χ0) is 14.7. The van der Waals surface area contributed by atoms with Gasteiger partial charge in [0.25, 0.3) is 0 Å². The summed E-state index contributed by atoms with van der Waals surface area (Å²) >= 11 is 3.52. The van der Waals surface area contributed by atoms with Gasteiger partial charge in [0.1, 0.15) is 0 Å². The number of nitrogens with zero attached hydrogens (tertiary/aromatic N) is 4. The molecule has 2 aromatic carbocycles. The zero-order valence-corrected chi connectivity index (χ0v) is 12.9. The molecule has 0 unspecified atom stereocenters. The summed E-state index contributed by atoms with van der Waals surface area (Å²) in [5, 5.41) is 12.0. The number of hydrogen-bond acceptors (Lipinski definition) is 4. The van der Waals surface area contributed by atoms with Crippen LogP contribution in [-0.4, -0.2) is 20.2 Å². The van der Waals surface area contributed by atoms with Gasteiger partial charge in [0, 0.05) is 22.3 Å². The summed E-state index contributed by atoms with van der Waals surface area (Å²) in [4.78, 5) is 0. The molecule has 21 heavy (non-hydrogen) atoms. The standard InChI is InChI=1S/C15H14BrN5/c16-14-7-6-12(17)10-13(14)15-18-19-20-21(15)9-8-11-4-2-1-3-5-11/h1-7,10H,8-9,17H2. The zero-order valence-electron chi connectivity index (χ0n) is 11.3. The molecule has 0 spiro atoms. The lowest BCUT2D eigenvalue weighted by Gasteiger charge is -2.07. The maximum atomic E-state index is 5.85. The smallest absolute Gasteiger partial charge is 0.183 e. The van der Waals surface area contributed by atoms with E-state index in [1.807, 2.05) is 36.4 Å². The fraction of sp³-hybridized carbons (Fsp3) is 0.133. The number of benzene rings is 2. The highest BCUT2D eigenvalue weighted by molar-refractivity contribution is 9.10. The second-order valence-electron chi connectivity index (χ2n) is 4.70. The van der Waals surface area contributed by atoms with Crippen molar-refractivity contribution in [2.75, 3.05) is 5.73 Å². The molecule has 0 aliphatic rings. The molecular formula is C15H14BrN5. The Morgan fingerprint density at radius 1 is 1.10 bits per heavy atom. The molecule has 2 N–H and O–H groups in total. The minimum Gasteiger partial charge on any atom is -0.399 e. The molecule has 3 rings (SSSR count). The van der Waals surface area contributed by atoms with Gasteiger partial charge in [-0.15, -0.1) is 5.10 Å². The van der Waals surface area contributed by atoms with Crippen LogP contribution >= 0.6 is 15.9 Å². The third-order valence-electron chi connectivity index (χ3n) is 3.22. The van der Waals surface area contributed by atoms with E-state index in [1.165, 1.54) is 5.56 Å². The summed E-state index contributed by atoms with van der Waals surface area (Å²) in [6.07, 6.45) is 0.874. The van der Waals surface area contributed by atoms with Crippen LogP contribution in [0.15, 0.2) is 53.0 Å². The van der Waals surface area contributed by atoms with Crippen molar-refractivity contribution in [1.29, 1.82) is 0 Å². The van der Waals surface area contributed by atoms with Crippen molar-refractivity contribution in [3.8, 4) is 11.4 Å². The molecule has 0 saturated heterocycles. The number of anilines is 1. The molecule has 0 aliphatic heterocycles. The van der Waals surface area contributed by atoms with E-state index in [4.69, 9.17) is 5.73 Å². The molecule has 1 aromatic heterocycles. The van der Waals surface area contributed by atoms with Crippen molar-refractivity contribution in [3.63, 3.8) is 0 Å². The van der Waals surface area contributed by atoms with E-state index in [0.29, 0.717) is 18.1 Å². The predicted molar refractivity (Wildman–Crippen MR) is 85.5 cm³/mol. The molecule has 0 saturated carbocycles. The van der Waals surface area contributed by atoms with Crippen molar-refractivity contribution >= 4 is 21.6 Å². The SMILES string of the molecule is Nc1ccc(Br)c(-c2nnnn2CCc2ccccc2)c1. The van der Waals surface area contributed by atoms with Crippen molar-refractivity contribution in [3.05, 3.63) is 58.6 Å². The first-order chi connectivity index (χ1) is 10.2. The monoisotopic (exact) mass is 343 g/mol. The lowest BCUT2D eigenvalue weighted by atomic mass is 10.1. The van der Waals surface area contributed by atoms with Gasteiger partial charge in [0.05, 0.1) is 0 Å². The molecule has 6 heteroatoms. The van der Waals surface area contributed by atoms with E-state index in [9.17, 15) is 0 Å². The maximum absolute atomic E-state index is 5.85. The van der Waals surface area contributed by atoms with Crippen LogP contribution in [0.2, 0.25) is 0 Å². The molecule has 0 atom stereocenters. The van der Waals surface area contributed by atoms with Gasteiger partial charge < -0.3 is 5.73 Å². The van der Waals surface area contributed by atoms with Gasteiger partial charge >= 0.3 is 0 Å². The summed E-state index contributed by atoms with van der Waals surface area (Å²) in [7, 11) is 0. The molecule has 1 heterocycles. The number of halogens is 1. The van der Waals surface area contributed by atoms with Crippen molar-refractivity contribution in [2.45, 2.75) is 13.0 Å². The summed E-state index contributed by atoms with van der Waals surface area (Å²) in [6, 6.07) is 15.9. The molecule has 0 bridgehead atoms. The summed E-state index contributed by atoms with van der Waals surface area (Å²) in [5.41, 5.74) is 8.69. The van der Waals surface area contributed by atoms with Gasteiger partial charge in [0.15, 0.2) is 5.82 Å². The molecule has 3 aromatic rings. The second kappa shape index (κ2) is 6.05. The van der Waals surface area contributed by atoms with Crippen LogP contribution in [0.5, 0.6) is 0 Å². The lowest BCUT2D eigenvalue weighted by molar-refractivity contribution is 0.594. The number of tetrazole rings is 1. The van der Waals surface area contributed by atoms with Crippen LogP contribution < -0.4 is 5.73 Å². The highest BCUT2D eigenvalue weighted by atomic mass is 79.9. The molecular weight excluding hydrogens is 330 g/mol. The Kier molecular flexibility index (Phi) is 3.96. The number of aromatic nitrogens is 4. The average Bonchev–Trinajstić information content (AvgIpc) is 2.97. The lowest BCUT2D eigenvalue weighted by Crippen LogP contribution is -2.06. The molecule has 106 valence electrons. The third-order valence-corrected chi connectivity index (χ3v) is 3.91. The molecule has 0 radical (unpaired) electrons. The highest BCUT2D eigenvalue weighted by Gasteiger charge is 2.12. The van der Waals surface area contributed by atoms with Gasteiger partial charge in [-0.3, -0.25) is 0 Å². The van der Waals surface area contributed by atoms with Crippen LogP contribution in [0.25, 0.3) is 11.4 Å². The predicted octanol–water partition coefficient (Wildman–Crippen LogP) is 2.93. The number of nitrogens with two attached hydrogens (primary N) is 1. The maximum Gasteiger partial charge on any atom is 0.183 e. The van der Waals surface area contributed by atoms with Crippen molar-refractivity contribution in [1.82, 2.24) is 20.2 Å². The fourth-order valence-corrected chi connectivity index (χ4v) is 2.57. The first kappa shape index (κ1) is 13.8. The minimum absolute atomic E-state index is 0.686. The Morgan fingerprint density at radius 2 is 1.90 bits per heavy atom. The first-order valence-corrected chi connectivity index (χ1v) is 7.39. The highest BCUT2D eigenvalue weighted by Crippen LogP contribution is 2.28. The van der Waals surface area contributed by atoms with E-state index < -0.39 is 0 Å². The Hall–Kier alpha value is -2.21. The topological polar surface area (TPSA) is 69.6 Å². The van der Waals surface area contributed by atoms with Gasteiger partial charge in [0.2, 0.25) is 0 Å². The fourth-order valence-electron chi connectivity index (χ4n) is 2.14. The number of nitrogen functional groups attached to an aromatic ring is 1. The van der Waals surface area contributed by atoms with E-state index in [-0.39, 0.29) is 0 Å². The van der Waals surface area contributed by atoms with E-state index in [1.54, 1.807) is 4.68 Å². The minimum atomic E-state index is 0.686. The molecule has 5 nitrogen and oxygen atoms in total. The Labute approximate surface area is 130 Å². The van der Waals surface area contributed by atoms with Gasteiger partial charge in [-0.1, -0.05) is 46.3 Å². The van der Waals surface area contributed by atoms with Crippen molar-refractivity contribution in [2.24, 2.45) is 0 Å². The average molecular weight is 344 g/mol. The van der Waals surface area contributed by atoms with E-state index in [2.05, 4.69) is 43.6 Å². The first-order valence-electron chi connectivity index (χ1n) is 6.59. The molecule has 0 fully saturated rings. The van der Waals surface area contributed by atoms with Gasteiger partial charge in [-0.25, -0.2) is 4.68 Å². The molecule has 0 aliphatic carbocycles. The van der Waals surface area contributed by atoms with Crippen LogP contribution in [0.3, 0.4) is 0 Å². The van der Waals surface area contributed by atoms with Crippen LogP contribution in [-0.2, 0) is 13.0 Å². The number of hydrogen-bond donors (Lipinski definition) is 1. The summed E-state index contributed by atoms with van der Waals surface area (Å²) in [5.74, 6) is 0.713. The van der Waals surface area contributed by atoms with Crippen LogP contribution in [0, 0.1) is 0 Å². The third kappa shape index (κ3) is 3.11. The normalized spacial score (nSPS) is 10.7. The van der Waals surface area contributed by atoms with E-state index >= 15 is 0 Å². The summed E-state index contributed by atoms with van der Waals surface area (Å²) < 4.78 is 2.72. The summed E-state index contributed by atoms with van der Waals surface area (Å²) in [6.45, 7) is 0.716. The van der Waals surface area contributed by atoms with Gasteiger partial charge in [-0.05, 0) is 40.6 Å². The van der Waals surface area contributed by atoms with Crippen LogP contribution in [0.4, 0.5) is 5.69 Å². The van der Waals surface area contributed by atoms with E-state index in [0.717, 1.165) is 16.5 Å². The Morgan fingerprint density at radius 3 is 2.71 bits per heavy atom. The number of aryl methyl sites for hydroxylation is 2. The second-order valence-corrected chi connectivity index (χ2v) is 5.55.